The van der Waals surface area contributed by atoms with Gasteiger partial charge in [-0.05, 0) is 49.7 Å². The number of nitriles is 1. The first-order valence-electron chi connectivity index (χ1n) is 9.58. The van der Waals surface area contributed by atoms with Gasteiger partial charge in [0.15, 0.2) is 0 Å². The number of amides is 1. The molecule has 2 aromatic rings. The summed E-state index contributed by atoms with van der Waals surface area (Å²) in [4.78, 5) is 23.7. The number of fused-ring (bicyclic) bond motifs is 1. The van der Waals surface area contributed by atoms with Gasteiger partial charge in [0.25, 0.3) is 5.91 Å². The maximum atomic E-state index is 13.2. The average molecular weight is 382 g/mol. The van der Waals surface area contributed by atoms with E-state index in [0.29, 0.717) is 0 Å². The van der Waals surface area contributed by atoms with Crippen molar-refractivity contribution in [3.8, 4) is 6.07 Å². The molecule has 2 saturated heterocycles. The quantitative estimate of drug-likeness (QED) is 0.602. The van der Waals surface area contributed by atoms with Gasteiger partial charge >= 0.3 is 0 Å². The summed E-state index contributed by atoms with van der Waals surface area (Å²) in [7, 11) is 0. The molecule has 0 unspecified atom stereocenters. The SMILES string of the molecule is N#CC(C(=O)N1CCCCC1)=C(C1CCSCC1)n1cnc2cnccc21. The van der Waals surface area contributed by atoms with Crippen LogP contribution in [0.15, 0.2) is 30.4 Å². The van der Waals surface area contributed by atoms with Gasteiger partial charge in [0.2, 0.25) is 0 Å². The third kappa shape index (κ3) is 3.59. The van der Waals surface area contributed by atoms with Crippen LogP contribution < -0.4 is 0 Å². The van der Waals surface area contributed by atoms with Crippen LogP contribution >= 0.6 is 11.8 Å². The highest BCUT2D eigenvalue weighted by Gasteiger charge is 2.30. The minimum atomic E-state index is -0.124. The van der Waals surface area contributed by atoms with E-state index in [0.717, 1.165) is 73.4 Å². The Balaban J connectivity index is 1.84. The lowest BCUT2D eigenvalue weighted by molar-refractivity contribution is -0.127. The van der Waals surface area contributed by atoms with Gasteiger partial charge in [0.1, 0.15) is 23.5 Å². The van der Waals surface area contributed by atoms with Gasteiger partial charge in [-0.1, -0.05) is 0 Å². The van der Waals surface area contributed by atoms with Gasteiger partial charge in [0.05, 0.1) is 17.4 Å². The van der Waals surface area contributed by atoms with Gasteiger partial charge in [-0.3, -0.25) is 9.78 Å². The van der Waals surface area contributed by atoms with Gasteiger partial charge in [-0.25, -0.2) is 4.98 Å². The summed E-state index contributed by atoms with van der Waals surface area (Å²) in [5, 5.41) is 9.99. The molecule has 140 valence electrons. The molecular weight excluding hydrogens is 358 g/mol. The molecule has 4 heterocycles. The fourth-order valence-corrected chi connectivity index (χ4v) is 5.12. The van der Waals surface area contributed by atoms with Crippen LogP contribution in [0.1, 0.15) is 32.1 Å². The Bertz CT molecular complexity index is 900. The molecule has 2 fully saturated rings. The van der Waals surface area contributed by atoms with E-state index >= 15 is 0 Å². The van der Waals surface area contributed by atoms with E-state index in [1.165, 1.54) is 0 Å². The van der Waals surface area contributed by atoms with Crippen molar-refractivity contribution in [2.45, 2.75) is 32.1 Å². The second-order valence-corrected chi connectivity index (χ2v) is 8.32. The van der Waals surface area contributed by atoms with Crippen LogP contribution in [0.2, 0.25) is 0 Å². The molecule has 2 aromatic heterocycles. The van der Waals surface area contributed by atoms with Crippen molar-refractivity contribution in [2.24, 2.45) is 5.92 Å². The third-order valence-corrected chi connectivity index (χ3v) is 6.49. The Morgan fingerprint density at radius 2 is 2.00 bits per heavy atom. The Morgan fingerprint density at radius 1 is 1.22 bits per heavy atom. The van der Waals surface area contributed by atoms with Gasteiger partial charge in [-0.15, -0.1) is 0 Å². The second-order valence-electron chi connectivity index (χ2n) is 7.09. The van der Waals surface area contributed by atoms with Crippen LogP contribution in [-0.2, 0) is 4.79 Å². The Labute approximate surface area is 163 Å². The number of pyridine rings is 1. The molecule has 0 atom stereocenters. The maximum absolute atomic E-state index is 13.2. The van der Waals surface area contributed by atoms with Crippen LogP contribution in [0.3, 0.4) is 0 Å². The van der Waals surface area contributed by atoms with Crippen LogP contribution in [0.5, 0.6) is 0 Å². The number of carbonyl (C=O) groups is 1. The number of imidazole rings is 1. The molecule has 7 heteroatoms. The number of rotatable bonds is 3. The molecule has 1 amide bonds. The van der Waals surface area contributed by atoms with E-state index in [4.69, 9.17) is 0 Å². The molecule has 0 radical (unpaired) electrons. The van der Waals surface area contributed by atoms with Crippen LogP contribution in [0.4, 0.5) is 0 Å². The Morgan fingerprint density at radius 3 is 2.74 bits per heavy atom. The molecule has 0 aliphatic carbocycles. The molecular formula is C20H23N5OS. The fourth-order valence-electron chi connectivity index (χ4n) is 4.02. The first-order chi connectivity index (χ1) is 13.3. The first kappa shape index (κ1) is 18.1. The second kappa shape index (κ2) is 8.13. The molecule has 0 spiro atoms. The van der Waals surface area contributed by atoms with E-state index in [1.54, 1.807) is 18.7 Å². The highest BCUT2D eigenvalue weighted by molar-refractivity contribution is 7.99. The molecule has 2 aliphatic rings. The average Bonchev–Trinajstić information content (AvgIpc) is 3.16. The van der Waals surface area contributed by atoms with Crippen LogP contribution in [0.25, 0.3) is 16.7 Å². The molecule has 2 aliphatic heterocycles. The van der Waals surface area contributed by atoms with Crippen molar-refractivity contribution >= 4 is 34.4 Å². The third-order valence-electron chi connectivity index (χ3n) is 5.44. The van der Waals surface area contributed by atoms with Crippen LogP contribution in [0, 0.1) is 17.2 Å². The highest BCUT2D eigenvalue weighted by Crippen LogP contribution is 2.35. The lowest BCUT2D eigenvalue weighted by Gasteiger charge is -2.30. The monoisotopic (exact) mass is 381 g/mol. The largest absolute Gasteiger partial charge is 0.338 e. The summed E-state index contributed by atoms with van der Waals surface area (Å²) in [6.07, 6.45) is 10.3. The highest BCUT2D eigenvalue weighted by atomic mass is 32.2. The van der Waals surface area contributed by atoms with E-state index < -0.39 is 0 Å². The molecule has 6 nitrogen and oxygen atoms in total. The zero-order chi connectivity index (χ0) is 18.6. The zero-order valence-corrected chi connectivity index (χ0v) is 16.1. The van der Waals surface area contributed by atoms with E-state index in [-0.39, 0.29) is 17.4 Å². The lowest BCUT2D eigenvalue weighted by Crippen LogP contribution is -2.37. The van der Waals surface area contributed by atoms with E-state index in [1.807, 2.05) is 27.3 Å². The number of likely N-dealkylation sites (tertiary alicyclic amines) is 1. The number of allylic oxidation sites excluding steroid dienone is 1. The van der Waals surface area contributed by atoms with Crippen molar-refractivity contribution in [1.82, 2.24) is 19.4 Å². The van der Waals surface area contributed by atoms with Gasteiger partial charge in [-0.2, -0.15) is 17.0 Å². The van der Waals surface area contributed by atoms with Gasteiger partial charge < -0.3 is 9.47 Å². The number of thioether (sulfide) groups is 1. The summed E-state index contributed by atoms with van der Waals surface area (Å²) in [5.41, 5.74) is 2.78. The van der Waals surface area contributed by atoms with Crippen molar-refractivity contribution in [2.75, 3.05) is 24.6 Å². The smallest absolute Gasteiger partial charge is 0.266 e. The number of nitrogens with zero attached hydrogens (tertiary/aromatic N) is 5. The molecule has 27 heavy (non-hydrogen) atoms. The maximum Gasteiger partial charge on any atom is 0.266 e. The summed E-state index contributed by atoms with van der Waals surface area (Å²) < 4.78 is 1.96. The lowest BCUT2D eigenvalue weighted by atomic mass is 9.93. The fraction of sp³-hybridized carbons (Fsp3) is 0.500. The molecule has 0 saturated carbocycles. The molecule has 0 N–H and O–H groups in total. The molecule has 0 bridgehead atoms. The number of hydrogen-bond donors (Lipinski definition) is 0. The summed E-state index contributed by atoms with van der Waals surface area (Å²) in [5.74, 6) is 2.18. The van der Waals surface area contributed by atoms with Crippen molar-refractivity contribution < 1.29 is 4.79 Å². The topological polar surface area (TPSA) is 74.8 Å². The van der Waals surface area contributed by atoms with E-state index in [2.05, 4.69) is 16.0 Å². The predicted octanol–water partition coefficient (Wildman–Crippen LogP) is 3.32. The number of carbonyl (C=O) groups excluding carboxylic acids is 1. The Hall–Kier alpha value is -2.33. The minimum Gasteiger partial charge on any atom is -0.338 e. The summed E-state index contributed by atoms with van der Waals surface area (Å²) in [6, 6.07) is 4.17. The normalized spacial score (nSPS) is 19.6. The van der Waals surface area contributed by atoms with Crippen molar-refractivity contribution in [3.63, 3.8) is 0 Å². The molecule has 0 aromatic carbocycles. The predicted molar refractivity (Wildman–Crippen MR) is 107 cm³/mol. The van der Waals surface area contributed by atoms with Gasteiger partial charge in [0, 0.05) is 25.2 Å². The number of piperidine rings is 1. The zero-order valence-electron chi connectivity index (χ0n) is 15.3. The number of hydrogen-bond acceptors (Lipinski definition) is 5. The molecule has 4 rings (SSSR count). The summed E-state index contributed by atoms with van der Waals surface area (Å²) in [6.45, 7) is 1.48. The minimum absolute atomic E-state index is 0.124. The first-order valence-corrected chi connectivity index (χ1v) is 10.7. The van der Waals surface area contributed by atoms with Crippen LogP contribution in [-0.4, -0.2) is 49.9 Å². The Kier molecular flexibility index (Phi) is 5.44. The standard InChI is InChI=1S/C20H23N5OS/c21-12-16(20(26)24-8-2-1-3-9-24)19(15-5-10-27-11-6-15)25-14-23-17-13-22-7-4-18(17)25/h4,7,13-15H,1-3,5-6,8-11H2. The number of aromatic nitrogens is 3. The van der Waals surface area contributed by atoms with Crippen molar-refractivity contribution in [1.29, 1.82) is 5.26 Å². The van der Waals surface area contributed by atoms with E-state index in [9.17, 15) is 10.1 Å². The summed E-state index contributed by atoms with van der Waals surface area (Å²) >= 11 is 1.94. The van der Waals surface area contributed by atoms with Crippen molar-refractivity contribution in [3.05, 3.63) is 30.4 Å².